The quantitative estimate of drug-likeness (QED) is 0.411. The molecule has 4 heteroatoms. The normalized spacial score (nSPS) is 10.1. The monoisotopic (exact) mass is 408 g/mol. The summed E-state index contributed by atoms with van der Waals surface area (Å²) < 4.78 is 1.76. The van der Waals surface area contributed by atoms with E-state index >= 15 is 0 Å². The smallest absolute Gasteiger partial charge is 0.192 e. The molecule has 0 aliphatic heterocycles. The van der Waals surface area contributed by atoms with Gasteiger partial charge < -0.3 is 0 Å². The van der Waals surface area contributed by atoms with Crippen molar-refractivity contribution >= 4 is 45.2 Å². The van der Waals surface area contributed by atoms with E-state index < -0.39 is 0 Å². The molecule has 0 spiro atoms. The molecule has 0 fully saturated rings. The minimum absolute atomic E-state index is 0.786. The Morgan fingerprint density at radius 2 is 1.64 bits per heavy atom. The number of halogens is 2. The first-order valence-electron chi connectivity index (χ1n) is 4.01. The van der Waals surface area contributed by atoms with Gasteiger partial charge in [-0.1, -0.05) is 30.3 Å². The van der Waals surface area contributed by atoms with Gasteiger partial charge in [-0.15, -0.1) is 0 Å². The Morgan fingerprint density at radius 1 is 0.929 bits per heavy atom. The van der Waals surface area contributed by atoms with Gasteiger partial charge in [-0.2, -0.15) is 0 Å². The molecule has 1 heterocycles. The topological polar surface area (TPSA) is 25.8 Å². The van der Waals surface area contributed by atoms with Gasteiger partial charge in [-0.05, 0) is 28.7 Å². The summed E-state index contributed by atoms with van der Waals surface area (Å²) in [6.45, 7) is 0. The summed E-state index contributed by atoms with van der Waals surface area (Å²) in [5.74, 6) is 0. The number of nitrogens with zero attached hydrogens (tertiary/aromatic N) is 2. The first kappa shape index (κ1) is 10.3. The lowest BCUT2D eigenvalue weighted by molar-refractivity contribution is 1.08. The van der Waals surface area contributed by atoms with Crippen molar-refractivity contribution in [1.82, 2.24) is 9.97 Å². The van der Waals surface area contributed by atoms with Crippen LogP contribution in [0.15, 0.2) is 36.4 Å². The summed E-state index contributed by atoms with van der Waals surface area (Å²) in [5, 5.41) is 0. The summed E-state index contributed by atoms with van der Waals surface area (Å²) in [7, 11) is 0. The Bertz CT molecular complexity index is 423. The highest BCUT2D eigenvalue weighted by atomic mass is 127. The van der Waals surface area contributed by atoms with Crippen LogP contribution in [0, 0.1) is 7.53 Å². The third-order valence-electron chi connectivity index (χ3n) is 1.74. The van der Waals surface area contributed by atoms with E-state index in [0.29, 0.717) is 0 Å². The van der Waals surface area contributed by atoms with Crippen molar-refractivity contribution in [1.29, 1.82) is 0 Å². The van der Waals surface area contributed by atoms with Crippen LogP contribution in [-0.4, -0.2) is 9.97 Å². The van der Waals surface area contributed by atoms with Gasteiger partial charge in [0.2, 0.25) is 0 Å². The number of benzene rings is 1. The van der Waals surface area contributed by atoms with Gasteiger partial charge >= 0.3 is 0 Å². The molecule has 0 N–H and O–H groups in total. The van der Waals surface area contributed by atoms with E-state index in [1.807, 2.05) is 24.3 Å². The van der Waals surface area contributed by atoms with Crippen LogP contribution in [0.4, 0.5) is 0 Å². The van der Waals surface area contributed by atoms with Crippen molar-refractivity contribution in [2.24, 2.45) is 0 Å². The Kier molecular flexibility index (Phi) is 3.32. The highest BCUT2D eigenvalue weighted by molar-refractivity contribution is 14.1. The third-order valence-corrected chi connectivity index (χ3v) is 2.77. The average molecular weight is 408 g/mol. The zero-order chi connectivity index (χ0) is 9.97. The van der Waals surface area contributed by atoms with E-state index in [9.17, 15) is 0 Å². The minimum Gasteiger partial charge on any atom is -0.223 e. The molecule has 0 unspecified atom stereocenters. The van der Waals surface area contributed by atoms with Crippen LogP contribution in [0.25, 0.3) is 11.3 Å². The summed E-state index contributed by atoms with van der Waals surface area (Å²) in [6.07, 6.45) is 0. The largest absolute Gasteiger partial charge is 0.223 e. The van der Waals surface area contributed by atoms with E-state index in [-0.39, 0.29) is 0 Å². The molecule has 2 rings (SSSR count). The maximum absolute atomic E-state index is 4.38. The molecule has 2 nitrogen and oxygen atoms in total. The maximum atomic E-state index is 4.38. The van der Waals surface area contributed by atoms with Crippen LogP contribution >= 0.6 is 45.2 Å². The molecule has 1 aromatic heterocycles. The van der Waals surface area contributed by atoms with Gasteiger partial charge in [-0.3, -0.25) is 0 Å². The second kappa shape index (κ2) is 4.52. The van der Waals surface area contributed by atoms with Crippen LogP contribution in [-0.2, 0) is 0 Å². The average Bonchev–Trinajstić information content (AvgIpc) is 2.18. The molecule has 0 bridgehead atoms. The van der Waals surface area contributed by atoms with Crippen LogP contribution in [0.5, 0.6) is 0 Å². The van der Waals surface area contributed by atoms with Gasteiger partial charge in [0.1, 0.15) is 3.70 Å². The minimum atomic E-state index is 0.786. The summed E-state index contributed by atoms with van der Waals surface area (Å²) in [4.78, 5) is 8.60. The fourth-order valence-electron chi connectivity index (χ4n) is 1.15. The molecule has 1 aromatic carbocycles. The Balaban J connectivity index is 2.52. The lowest BCUT2D eigenvalue weighted by Gasteiger charge is -2.01. The van der Waals surface area contributed by atoms with Crippen molar-refractivity contribution in [2.45, 2.75) is 0 Å². The molecule has 0 aliphatic rings. The van der Waals surface area contributed by atoms with Gasteiger partial charge in [0, 0.05) is 28.2 Å². The fourth-order valence-corrected chi connectivity index (χ4v) is 2.65. The number of rotatable bonds is 1. The zero-order valence-electron chi connectivity index (χ0n) is 7.11. The predicted octanol–water partition coefficient (Wildman–Crippen LogP) is 3.35. The third kappa shape index (κ3) is 2.41. The van der Waals surface area contributed by atoms with Crippen LogP contribution in [0.2, 0.25) is 0 Å². The maximum Gasteiger partial charge on any atom is 0.192 e. The van der Waals surface area contributed by atoms with E-state index in [0.717, 1.165) is 18.8 Å². The van der Waals surface area contributed by atoms with Crippen LogP contribution < -0.4 is 0 Å². The standard InChI is InChI=1S/C10H6I2N2/c11-9-6-8(13-10(12)14-9)7-4-2-1-3-5-7/h1-6H. The van der Waals surface area contributed by atoms with E-state index in [1.54, 1.807) is 0 Å². The number of hydrogen-bond donors (Lipinski definition) is 0. The summed E-state index contributed by atoms with van der Waals surface area (Å²) in [6, 6.07) is 12.1. The van der Waals surface area contributed by atoms with Crippen molar-refractivity contribution in [3.8, 4) is 11.3 Å². The second-order valence-corrected chi connectivity index (χ2v) is 4.78. The van der Waals surface area contributed by atoms with Gasteiger partial charge in [0.15, 0.2) is 3.83 Å². The van der Waals surface area contributed by atoms with Crippen molar-refractivity contribution in [2.75, 3.05) is 0 Å². The van der Waals surface area contributed by atoms with Crippen molar-refractivity contribution in [3.05, 3.63) is 43.9 Å². The lowest BCUT2D eigenvalue weighted by atomic mass is 10.1. The molecule has 0 amide bonds. The van der Waals surface area contributed by atoms with Gasteiger partial charge in [0.25, 0.3) is 0 Å². The second-order valence-electron chi connectivity index (χ2n) is 2.71. The first-order valence-corrected chi connectivity index (χ1v) is 6.17. The molecule has 0 saturated heterocycles. The molecule has 14 heavy (non-hydrogen) atoms. The SMILES string of the molecule is Ic1cc(-c2ccccc2)nc(I)n1. The highest BCUT2D eigenvalue weighted by Gasteiger charge is 2.02. The number of hydrogen-bond acceptors (Lipinski definition) is 2. The molecule has 0 atom stereocenters. The molecule has 0 radical (unpaired) electrons. The summed E-state index contributed by atoms with van der Waals surface area (Å²) >= 11 is 4.33. The zero-order valence-corrected chi connectivity index (χ0v) is 11.4. The predicted molar refractivity (Wildman–Crippen MR) is 72.9 cm³/mol. The van der Waals surface area contributed by atoms with Crippen LogP contribution in [0.3, 0.4) is 0 Å². The van der Waals surface area contributed by atoms with E-state index in [4.69, 9.17) is 0 Å². The summed E-state index contributed by atoms with van der Waals surface area (Å²) in [5.41, 5.74) is 2.11. The van der Waals surface area contributed by atoms with Crippen molar-refractivity contribution < 1.29 is 0 Å². The molecular formula is C10H6I2N2. The lowest BCUT2D eigenvalue weighted by Crippen LogP contribution is -1.93. The van der Waals surface area contributed by atoms with E-state index in [2.05, 4.69) is 67.3 Å². The van der Waals surface area contributed by atoms with Gasteiger partial charge in [0.05, 0.1) is 5.69 Å². The molecule has 70 valence electrons. The van der Waals surface area contributed by atoms with E-state index in [1.165, 1.54) is 0 Å². The Morgan fingerprint density at radius 3 is 2.29 bits per heavy atom. The van der Waals surface area contributed by atoms with Gasteiger partial charge in [-0.25, -0.2) is 9.97 Å². The highest BCUT2D eigenvalue weighted by Crippen LogP contribution is 2.18. The van der Waals surface area contributed by atoms with Crippen LogP contribution in [0.1, 0.15) is 0 Å². The molecule has 2 aromatic rings. The molecule has 0 saturated carbocycles. The molecular weight excluding hydrogens is 402 g/mol. The Hall–Kier alpha value is -0.240. The fraction of sp³-hybridized carbons (Fsp3) is 0. The first-order chi connectivity index (χ1) is 6.75. The van der Waals surface area contributed by atoms with Crippen molar-refractivity contribution in [3.63, 3.8) is 0 Å². The number of aromatic nitrogens is 2. The molecule has 0 aliphatic carbocycles. The Labute approximate surface area is 109 Å².